The molecule has 1 aromatic heterocycles. The zero-order chi connectivity index (χ0) is 9.42. The highest BCUT2D eigenvalue weighted by atomic mass is 35.5. The molecule has 1 aliphatic heterocycles. The lowest BCUT2D eigenvalue weighted by Crippen LogP contribution is -2.00. The van der Waals surface area contributed by atoms with Crippen LogP contribution in [-0.2, 0) is 0 Å². The van der Waals surface area contributed by atoms with Crippen LogP contribution >= 0.6 is 23.4 Å². The molecule has 0 aliphatic carbocycles. The normalized spacial score (nSPS) is 20.5. The standard InChI is InChI=1S/C8H10ClN3S/c1-5-4-12(5)7-3-6(9)10-8(11-7)13-2/h3,5H,4H2,1-2H3/t5-,12?/m0/s1. The van der Waals surface area contributed by atoms with E-state index in [2.05, 4.69) is 21.8 Å². The van der Waals surface area contributed by atoms with Crippen LogP contribution in [0.1, 0.15) is 6.92 Å². The maximum atomic E-state index is 5.86. The summed E-state index contributed by atoms with van der Waals surface area (Å²) in [5.41, 5.74) is 0. The number of nitrogens with zero attached hydrogens (tertiary/aromatic N) is 3. The molecule has 2 heterocycles. The number of anilines is 1. The van der Waals surface area contributed by atoms with Crippen LogP contribution in [0.3, 0.4) is 0 Å². The molecule has 0 amide bonds. The van der Waals surface area contributed by atoms with Gasteiger partial charge in [0.1, 0.15) is 11.0 Å². The minimum absolute atomic E-state index is 0.522. The SMILES string of the molecule is CSc1nc(Cl)cc(N2C[C@@H]2C)n1. The van der Waals surface area contributed by atoms with Gasteiger partial charge in [0.05, 0.1) is 0 Å². The summed E-state index contributed by atoms with van der Waals surface area (Å²) in [6.45, 7) is 3.23. The van der Waals surface area contributed by atoms with Crippen LogP contribution in [0, 0.1) is 0 Å². The lowest BCUT2D eigenvalue weighted by atomic mass is 10.5. The van der Waals surface area contributed by atoms with Gasteiger partial charge in [0.25, 0.3) is 0 Å². The number of rotatable bonds is 2. The van der Waals surface area contributed by atoms with Crippen molar-refractivity contribution in [1.29, 1.82) is 0 Å². The summed E-state index contributed by atoms with van der Waals surface area (Å²) in [5, 5.41) is 1.26. The summed E-state index contributed by atoms with van der Waals surface area (Å²) in [4.78, 5) is 10.6. The fourth-order valence-electron chi connectivity index (χ4n) is 1.18. The van der Waals surface area contributed by atoms with Crippen LogP contribution in [0.4, 0.5) is 5.82 Å². The highest BCUT2D eigenvalue weighted by molar-refractivity contribution is 7.98. The molecule has 0 radical (unpaired) electrons. The first-order chi connectivity index (χ1) is 6.20. The number of hydrogen-bond acceptors (Lipinski definition) is 4. The van der Waals surface area contributed by atoms with E-state index in [0.717, 1.165) is 17.5 Å². The molecule has 1 saturated heterocycles. The molecule has 0 aromatic carbocycles. The second-order valence-corrected chi connectivity index (χ2v) is 4.20. The van der Waals surface area contributed by atoms with Gasteiger partial charge in [-0.3, -0.25) is 0 Å². The number of halogens is 1. The maximum absolute atomic E-state index is 5.86. The Hall–Kier alpha value is -0.480. The number of thioether (sulfide) groups is 1. The zero-order valence-electron chi connectivity index (χ0n) is 7.49. The minimum Gasteiger partial charge on any atom is -0.350 e. The molecular formula is C8H10ClN3S. The van der Waals surface area contributed by atoms with Gasteiger partial charge in [0, 0.05) is 18.7 Å². The van der Waals surface area contributed by atoms with Crippen molar-refractivity contribution in [3.05, 3.63) is 11.2 Å². The summed E-state index contributed by atoms with van der Waals surface area (Å²) in [7, 11) is 0. The van der Waals surface area contributed by atoms with E-state index >= 15 is 0 Å². The molecule has 1 fully saturated rings. The number of hydrogen-bond donors (Lipinski definition) is 0. The Labute approximate surface area is 86.5 Å². The first-order valence-corrected chi connectivity index (χ1v) is 5.66. The fourth-order valence-corrected chi connectivity index (χ4v) is 1.78. The molecule has 1 aliphatic rings. The molecule has 13 heavy (non-hydrogen) atoms. The van der Waals surface area contributed by atoms with E-state index in [-0.39, 0.29) is 0 Å². The first kappa shape index (κ1) is 9.09. The Morgan fingerprint density at radius 1 is 1.62 bits per heavy atom. The highest BCUT2D eigenvalue weighted by Gasteiger charge is 2.30. The Morgan fingerprint density at radius 2 is 2.31 bits per heavy atom. The summed E-state index contributed by atoms with van der Waals surface area (Å²) in [6, 6.07) is 2.41. The molecule has 70 valence electrons. The maximum Gasteiger partial charge on any atom is 0.190 e. The van der Waals surface area contributed by atoms with Crippen LogP contribution in [0.2, 0.25) is 5.15 Å². The molecule has 0 unspecified atom stereocenters. The van der Waals surface area contributed by atoms with Gasteiger partial charge in [0.2, 0.25) is 0 Å². The Kier molecular flexibility index (Phi) is 2.34. The summed E-state index contributed by atoms with van der Waals surface area (Å²) in [5.74, 6) is 0.942. The van der Waals surface area contributed by atoms with Crippen LogP contribution in [0.15, 0.2) is 11.2 Å². The highest BCUT2D eigenvalue weighted by Crippen LogP contribution is 2.28. The van der Waals surface area contributed by atoms with Crippen LogP contribution in [0.5, 0.6) is 0 Å². The van der Waals surface area contributed by atoms with E-state index in [9.17, 15) is 0 Å². The molecule has 5 heteroatoms. The topological polar surface area (TPSA) is 28.8 Å². The van der Waals surface area contributed by atoms with Crippen molar-refractivity contribution in [1.82, 2.24) is 9.97 Å². The van der Waals surface area contributed by atoms with E-state index < -0.39 is 0 Å². The lowest BCUT2D eigenvalue weighted by Gasteiger charge is -2.04. The predicted octanol–water partition coefficient (Wildman–Crippen LogP) is 2.06. The van der Waals surface area contributed by atoms with Gasteiger partial charge in [-0.25, -0.2) is 9.97 Å². The van der Waals surface area contributed by atoms with Gasteiger partial charge in [-0.15, -0.1) is 0 Å². The Morgan fingerprint density at radius 3 is 2.85 bits per heavy atom. The van der Waals surface area contributed by atoms with Crippen molar-refractivity contribution < 1.29 is 0 Å². The predicted molar refractivity (Wildman–Crippen MR) is 55.6 cm³/mol. The first-order valence-electron chi connectivity index (χ1n) is 4.06. The van der Waals surface area contributed by atoms with Crippen LogP contribution in [-0.4, -0.2) is 28.8 Å². The van der Waals surface area contributed by atoms with Crippen molar-refractivity contribution in [2.75, 3.05) is 17.7 Å². The van der Waals surface area contributed by atoms with Crippen molar-refractivity contribution >= 4 is 29.2 Å². The molecular weight excluding hydrogens is 206 g/mol. The van der Waals surface area contributed by atoms with Crippen molar-refractivity contribution in [2.45, 2.75) is 18.1 Å². The Balaban J connectivity index is 2.30. The van der Waals surface area contributed by atoms with E-state index in [1.165, 1.54) is 11.8 Å². The zero-order valence-corrected chi connectivity index (χ0v) is 9.06. The molecule has 0 saturated carbocycles. The second-order valence-electron chi connectivity index (χ2n) is 3.04. The van der Waals surface area contributed by atoms with E-state index in [1.807, 2.05) is 12.3 Å². The van der Waals surface area contributed by atoms with Crippen molar-refractivity contribution in [2.24, 2.45) is 0 Å². The minimum atomic E-state index is 0.522. The van der Waals surface area contributed by atoms with Gasteiger partial charge < -0.3 is 4.90 Å². The van der Waals surface area contributed by atoms with Crippen molar-refractivity contribution in [3.8, 4) is 0 Å². The Bertz CT molecular complexity index is 331. The average Bonchev–Trinajstić information content (AvgIpc) is 2.81. The number of aromatic nitrogens is 2. The monoisotopic (exact) mass is 215 g/mol. The van der Waals surface area contributed by atoms with Gasteiger partial charge in [-0.2, -0.15) is 0 Å². The van der Waals surface area contributed by atoms with E-state index in [1.54, 1.807) is 0 Å². The largest absolute Gasteiger partial charge is 0.350 e. The van der Waals surface area contributed by atoms with Gasteiger partial charge >= 0.3 is 0 Å². The summed E-state index contributed by atoms with van der Waals surface area (Å²) in [6.07, 6.45) is 1.95. The molecule has 0 N–H and O–H groups in total. The van der Waals surface area contributed by atoms with E-state index in [4.69, 9.17) is 11.6 Å². The third-order valence-electron chi connectivity index (χ3n) is 2.00. The quantitative estimate of drug-likeness (QED) is 0.327. The van der Waals surface area contributed by atoms with E-state index in [0.29, 0.717) is 11.2 Å². The summed E-state index contributed by atoms with van der Waals surface area (Å²) >= 11 is 7.37. The van der Waals surface area contributed by atoms with Crippen LogP contribution < -0.4 is 4.90 Å². The van der Waals surface area contributed by atoms with Gasteiger partial charge in [-0.1, -0.05) is 23.4 Å². The van der Waals surface area contributed by atoms with Gasteiger partial charge in [0.15, 0.2) is 5.16 Å². The molecule has 2 rings (SSSR count). The summed E-state index contributed by atoms with van der Waals surface area (Å²) < 4.78 is 0. The lowest BCUT2D eigenvalue weighted by molar-refractivity contribution is 0.951. The molecule has 1 atom stereocenters. The average molecular weight is 216 g/mol. The second kappa shape index (κ2) is 3.35. The molecule has 3 nitrogen and oxygen atoms in total. The van der Waals surface area contributed by atoms with Crippen molar-refractivity contribution in [3.63, 3.8) is 0 Å². The molecule has 1 aromatic rings. The molecule has 0 bridgehead atoms. The third-order valence-corrected chi connectivity index (χ3v) is 2.74. The smallest absolute Gasteiger partial charge is 0.190 e. The third kappa shape index (κ3) is 1.89. The molecule has 0 spiro atoms. The van der Waals surface area contributed by atoms with Gasteiger partial charge in [-0.05, 0) is 13.2 Å². The van der Waals surface area contributed by atoms with Crippen LogP contribution in [0.25, 0.3) is 0 Å². The fraction of sp³-hybridized carbons (Fsp3) is 0.500.